The normalized spacial score (nSPS) is 24.4. The van der Waals surface area contributed by atoms with Gasteiger partial charge < -0.3 is 4.74 Å². The van der Waals surface area contributed by atoms with Gasteiger partial charge in [0, 0.05) is 18.0 Å². The molecule has 0 amide bonds. The van der Waals surface area contributed by atoms with E-state index < -0.39 is 0 Å². The first-order valence-electron chi connectivity index (χ1n) is 14.8. The molecular weight excluding hydrogens is 444 g/mol. The summed E-state index contributed by atoms with van der Waals surface area (Å²) < 4.78 is 5.72. The Kier molecular flexibility index (Phi) is 10.4. The number of hydrogen-bond acceptors (Lipinski definition) is 4. The molecule has 36 heavy (non-hydrogen) atoms. The number of hydrogen-bond donors (Lipinski definition) is 0. The van der Waals surface area contributed by atoms with E-state index in [0.717, 1.165) is 48.9 Å². The zero-order chi connectivity index (χ0) is 25.2. The van der Waals surface area contributed by atoms with Crippen molar-refractivity contribution in [3.63, 3.8) is 0 Å². The maximum Gasteiger partial charge on any atom is 0.314 e. The van der Waals surface area contributed by atoms with Gasteiger partial charge in [-0.1, -0.05) is 58.8 Å². The summed E-state index contributed by atoms with van der Waals surface area (Å²) in [6.07, 6.45) is 22.9. The summed E-state index contributed by atoms with van der Waals surface area (Å²) >= 11 is 0. The van der Waals surface area contributed by atoms with Gasteiger partial charge in [0.05, 0.1) is 5.92 Å². The number of nitrogens with zero attached hydrogens (tertiary/aromatic N) is 2. The van der Waals surface area contributed by atoms with Crippen LogP contribution in [0.2, 0.25) is 0 Å². The second-order valence-electron chi connectivity index (χ2n) is 11.4. The Morgan fingerprint density at radius 3 is 1.97 bits per heavy atom. The molecule has 0 aliphatic heterocycles. The number of carbonyl (C=O) groups is 1. The van der Waals surface area contributed by atoms with Crippen LogP contribution in [0.5, 0.6) is 5.75 Å². The van der Waals surface area contributed by atoms with Gasteiger partial charge in [-0.3, -0.25) is 4.79 Å². The minimum atomic E-state index is -0.0719. The smallest absolute Gasteiger partial charge is 0.314 e. The second-order valence-corrected chi connectivity index (χ2v) is 11.4. The third-order valence-corrected chi connectivity index (χ3v) is 8.68. The molecule has 2 aliphatic carbocycles. The number of aromatic nitrogens is 2. The fourth-order valence-electron chi connectivity index (χ4n) is 6.22. The van der Waals surface area contributed by atoms with Crippen molar-refractivity contribution in [3.05, 3.63) is 42.2 Å². The average Bonchev–Trinajstić information content (AvgIpc) is 2.93. The van der Waals surface area contributed by atoms with Crippen LogP contribution < -0.4 is 4.74 Å². The van der Waals surface area contributed by atoms with Gasteiger partial charge in [-0.2, -0.15) is 0 Å². The average molecular weight is 491 g/mol. The molecule has 196 valence electrons. The van der Waals surface area contributed by atoms with E-state index in [1.54, 1.807) is 0 Å². The molecule has 1 aromatic carbocycles. The van der Waals surface area contributed by atoms with E-state index in [4.69, 9.17) is 4.74 Å². The predicted molar refractivity (Wildman–Crippen MR) is 147 cm³/mol. The number of carbonyl (C=O) groups excluding carboxylic acids is 1. The number of esters is 1. The third-order valence-electron chi connectivity index (χ3n) is 8.68. The molecule has 1 aromatic heterocycles. The Morgan fingerprint density at radius 2 is 1.36 bits per heavy atom. The summed E-state index contributed by atoms with van der Waals surface area (Å²) in [6, 6.07) is 7.66. The van der Waals surface area contributed by atoms with Crippen LogP contribution in [0.4, 0.5) is 0 Å². The monoisotopic (exact) mass is 490 g/mol. The summed E-state index contributed by atoms with van der Waals surface area (Å²) in [5.74, 6) is 3.64. The van der Waals surface area contributed by atoms with Gasteiger partial charge in [0.25, 0.3) is 0 Å². The highest BCUT2D eigenvalue weighted by atomic mass is 16.5. The molecule has 4 heteroatoms. The van der Waals surface area contributed by atoms with Crippen molar-refractivity contribution in [2.45, 2.75) is 116 Å². The van der Waals surface area contributed by atoms with Crippen molar-refractivity contribution in [2.75, 3.05) is 0 Å². The molecule has 2 fully saturated rings. The maximum atomic E-state index is 12.7. The molecule has 2 aromatic rings. The van der Waals surface area contributed by atoms with Gasteiger partial charge in [0.1, 0.15) is 5.75 Å². The van der Waals surface area contributed by atoms with E-state index in [1.807, 2.05) is 36.7 Å². The Hall–Kier alpha value is -2.23. The molecule has 0 bridgehead atoms. The summed E-state index contributed by atoms with van der Waals surface area (Å²) in [5, 5.41) is 0. The van der Waals surface area contributed by atoms with E-state index in [0.29, 0.717) is 11.7 Å². The first-order valence-corrected chi connectivity index (χ1v) is 14.8. The lowest BCUT2D eigenvalue weighted by Gasteiger charge is -2.28. The number of rotatable bonds is 11. The molecule has 4 rings (SSSR count). The van der Waals surface area contributed by atoms with Crippen LogP contribution >= 0.6 is 0 Å². The highest BCUT2D eigenvalue weighted by Gasteiger charge is 2.27. The summed E-state index contributed by atoms with van der Waals surface area (Å²) in [6.45, 7) is 4.53. The SMILES string of the molecule is CCCCC[C@H]1CC[C@H](c2cnc(-c3ccc(OC(=O)[C@H]4CC[C@H](CCCC)CC4)cc3)nc2)CC1. The van der Waals surface area contributed by atoms with Gasteiger partial charge in [0.15, 0.2) is 5.82 Å². The maximum absolute atomic E-state index is 12.7. The highest BCUT2D eigenvalue weighted by Crippen LogP contribution is 2.38. The molecule has 1 heterocycles. The van der Waals surface area contributed by atoms with E-state index in [1.165, 1.54) is 76.2 Å². The van der Waals surface area contributed by atoms with Crippen LogP contribution in [0, 0.1) is 17.8 Å². The fraction of sp³-hybridized carbons (Fsp3) is 0.656. The van der Waals surface area contributed by atoms with Crippen molar-refractivity contribution in [1.82, 2.24) is 9.97 Å². The Labute approximate surface area is 218 Å². The van der Waals surface area contributed by atoms with Crippen molar-refractivity contribution in [2.24, 2.45) is 17.8 Å². The van der Waals surface area contributed by atoms with E-state index in [2.05, 4.69) is 23.8 Å². The molecule has 0 spiro atoms. The second kappa shape index (κ2) is 13.9. The minimum Gasteiger partial charge on any atom is -0.426 e. The molecular formula is C32H46N2O2. The van der Waals surface area contributed by atoms with Crippen molar-refractivity contribution in [3.8, 4) is 17.1 Å². The minimum absolute atomic E-state index is 0.0461. The van der Waals surface area contributed by atoms with Gasteiger partial charge in [-0.25, -0.2) is 9.97 Å². The zero-order valence-electron chi connectivity index (χ0n) is 22.6. The lowest BCUT2D eigenvalue weighted by Crippen LogP contribution is -2.25. The summed E-state index contributed by atoms with van der Waals surface area (Å²) in [5.41, 5.74) is 2.23. The standard InChI is InChI=1S/C32H46N2O2/c1-3-5-7-9-25-10-14-26(15-11-25)29-22-33-31(34-23-29)27-18-20-30(21-19-27)36-32(35)28-16-12-24(13-17-28)8-6-4-2/h18-26,28H,3-17H2,1-2H3/t24-,25-,26-,28-. The summed E-state index contributed by atoms with van der Waals surface area (Å²) in [4.78, 5) is 22.0. The molecule has 0 radical (unpaired) electrons. The number of ether oxygens (including phenoxy) is 1. The van der Waals surface area contributed by atoms with Crippen molar-refractivity contribution in [1.29, 1.82) is 0 Å². The highest BCUT2D eigenvalue weighted by molar-refractivity contribution is 5.75. The molecule has 2 aliphatic rings. The van der Waals surface area contributed by atoms with Gasteiger partial charge in [0.2, 0.25) is 0 Å². The van der Waals surface area contributed by atoms with Crippen LogP contribution in [0.3, 0.4) is 0 Å². The largest absolute Gasteiger partial charge is 0.426 e. The van der Waals surface area contributed by atoms with E-state index in [-0.39, 0.29) is 11.9 Å². The Balaban J connectivity index is 1.24. The van der Waals surface area contributed by atoms with Crippen LogP contribution in [0.25, 0.3) is 11.4 Å². The molecule has 0 unspecified atom stereocenters. The Morgan fingerprint density at radius 1 is 0.778 bits per heavy atom. The van der Waals surface area contributed by atoms with Crippen LogP contribution in [0.15, 0.2) is 36.7 Å². The number of benzene rings is 1. The third kappa shape index (κ3) is 7.63. The first kappa shape index (κ1) is 26.8. The fourth-order valence-corrected chi connectivity index (χ4v) is 6.22. The lowest BCUT2D eigenvalue weighted by molar-refractivity contribution is -0.140. The number of unbranched alkanes of at least 4 members (excludes halogenated alkanes) is 3. The summed E-state index contributed by atoms with van der Waals surface area (Å²) in [7, 11) is 0. The predicted octanol–water partition coefficient (Wildman–Crippen LogP) is 8.90. The van der Waals surface area contributed by atoms with Gasteiger partial charge in [-0.05, 0) is 98.9 Å². The lowest BCUT2D eigenvalue weighted by atomic mass is 9.77. The molecule has 4 nitrogen and oxygen atoms in total. The Bertz CT molecular complexity index is 908. The molecule has 0 N–H and O–H groups in total. The quantitative estimate of drug-likeness (QED) is 0.179. The van der Waals surface area contributed by atoms with Crippen molar-refractivity contribution >= 4 is 5.97 Å². The molecule has 2 saturated carbocycles. The first-order chi connectivity index (χ1) is 17.7. The van der Waals surface area contributed by atoms with Gasteiger partial charge >= 0.3 is 5.97 Å². The van der Waals surface area contributed by atoms with Crippen molar-refractivity contribution < 1.29 is 9.53 Å². The zero-order valence-corrected chi connectivity index (χ0v) is 22.6. The van der Waals surface area contributed by atoms with Gasteiger partial charge in [-0.15, -0.1) is 0 Å². The van der Waals surface area contributed by atoms with Crippen LogP contribution in [-0.2, 0) is 4.79 Å². The molecule has 0 atom stereocenters. The molecule has 0 saturated heterocycles. The van der Waals surface area contributed by atoms with E-state index in [9.17, 15) is 4.79 Å². The topological polar surface area (TPSA) is 52.1 Å². The van der Waals surface area contributed by atoms with Crippen LogP contribution in [0.1, 0.15) is 122 Å². The van der Waals surface area contributed by atoms with Crippen LogP contribution in [-0.4, -0.2) is 15.9 Å². The van der Waals surface area contributed by atoms with E-state index >= 15 is 0 Å².